The number of benzene rings is 1. The van der Waals surface area contributed by atoms with Crippen LogP contribution in [-0.2, 0) is 11.3 Å². The lowest BCUT2D eigenvalue weighted by Crippen LogP contribution is -2.24. The smallest absolute Gasteiger partial charge is 0.165 e. The monoisotopic (exact) mass is 517 g/mol. The zero-order valence-electron chi connectivity index (χ0n) is 18.0. The van der Waals surface area contributed by atoms with Gasteiger partial charge in [-0.25, -0.2) is 4.98 Å². The van der Waals surface area contributed by atoms with Gasteiger partial charge in [0.2, 0.25) is 0 Å². The standard InChI is InChI=1S/C24H28BrN3O3S/c25-18-5-7-19(8-6-18)31-15-17-16-32-23-20(14-27-24(26)22(17)23)21(29)4-3-12-30-13-11-28-9-1-2-10-28/h5-8,14,16H,1-4,9-13,15H2,(H2,26,27). The van der Waals surface area contributed by atoms with Crippen LogP contribution in [0.2, 0.25) is 0 Å². The van der Waals surface area contributed by atoms with Gasteiger partial charge in [0.05, 0.1) is 16.9 Å². The van der Waals surface area contributed by atoms with E-state index in [4.69, 9.17) is 15.2 Å². The second-order valence-corrected chi connectivity index (χ2v) is 9.75. The lowest BCUT2D eigenvalue weighted by molar-refractivity contribution is 0.0907. The number of nitrogens with zero attached hydrogens (tertiary/aromatic N) is 2. The maximum atomic E-state index is 12.9. The van der Waals surface area contributed by atoms with Crippen molar-refractivity contribution >= 4 is 49.0 Å². The fourth-order valence-electron chi connectivity index (χ4n) is 3.90. The van der Waals surface area contributed by atoms with Gasteiger partial charge < -0.3 is 20.1 Å². The zero-order valence-corrected chi connectivity index (χ0v) is 20.4. The molecule has 3 heterocycles. The number of nitrogens with two attached hydrogens (primary N) is 1. The quantitative estimate of drug-likeness (QED) is 0.274. The summed E-state index contributed by atoms with van der Waals surface area (Å²) in [6.07, 6.45) is 5.32. The second kappa shape index (κ2) is 11.2. The van der Waals surface area contributed by atoms with Gasteiger partial charge in [0.25, 0.3) is 0 Å². The number of hydrogen-bond donors (Lipinski definition) is 1. The number of aromatic nitrogens is 1. The van der Waals surface area contributed by atoms with Crippen LogP contribution >= 0.6 is 27.3 Å². The minimum Gasteiger partial charge on any atom is -0.489 e. The third kappa shape index (κ3) is 5.86. The molecule has 1 saturated heterocycles. The van der Waals surface area contributed by atoms with Crippen LogP contribution < -0.4 is 10.5 Å². The molecule has 0 saturated carbocycles. The summed E-state index contributed by atoms with van der Waals surface area (Å²) in [6.45, 7) is 5.04. The molecule has 0 unspecified atom stereocenters. The van der Waals surface area contributed by atoms with E-state index in [1.165, 1.54) is 37.3 Å². The van der Waals surface area contributed by atoms with Crippen LogP contribution in [0.3, 0.4) is 0 Å². The summed E-state index contributed by atoms with van der Waals surface area (Å²) in [5.41, 5.74) is 7.74. The summed E-state index contributed by atoms with van der Waals surface area (Å²) in [5.74, 6) is 1.28. The van der Waals surface area contributed by atoms with Gasteiger partial charge in [0.1, 0.15) is 18.2 Å². The van der Waals surface area contributed by atoms with Crippen molar-refractivity contribution in [2.75, 3.05) is 38.6 Å². The number of ketones is 1. The average Bonchev–Trinajstić information content (AvgIpc) is 3.46. The van der Waals surface area contributed by atoms with Crippen LogP contribution in [0.15, 0.2) is 40.3 Å². The fourth-order valence-corrected chi connectivity index (χ4v) is 5.26. The Bertz CT molecular complexity index is 1050. The number of Topliss-reactive ketones (excluding diaryl/α,β-unsaturated/α-hetero) is 1. The highest BCUT2D eigenvalue weighted by molar-refractivity contribution is 9.10. The maximum absolute atomic E-state index is 12.9. The number of hydrogen-bond acceptors (Lipinski definition) is 7. The molecule has 6 nitrogen and oxygen atoms in total. The lowest BCUT2D eigenvalue weighted by Gasteiger charge is -2.14. The van der Waals surface area contributed by atoms with Crippen LogP contribution in [0.25, 0.3) is 10.1 Å². The summed E-state index contributed by atoms with van der Waals surface area (Å²) in [6, 6.07) is 7.68. The van der Waals surface area contributed by atoms with Crippen molar-refractivity contribution in [2.24, 2.45) is 0 Å². The van der Waals surface area contributed by atoms with E-state index in [9.17, 15) is 4.79 Å². The Kier molecular flexibility index (Phi) is 8.13. The predicted molar refractivity (Wildman–Crippen MR) is 133 cm³/mol. The molecule has 0 bridgehead atoms. The number of carbonyl (C=O) groups is 1. The van der Waals surface area contributed by atoms with Crippen molar-refractivity contribution in [3.63, 3.8) is 0 Å². The molecule has 1 fully saturated rings. The molecule has 0 atom stereocenters. The first kappa shape index (κ1) is 23.2. The number of fused-ring (bicyclic) bond motifs is 1. The molecule has 4 rings (SSSR count). The molecule has 1 aliphatic rings. The number of rotatable bonds is 11. The van der Waals surface area contributed by atoms with E-state index in [-0.39, 0.29) is 5.78 Å². The molecule has 32 heavy (non-hydrogen) atoms. The summed E-state index contributed by atoms with van der Waals surface area (Å²) in [7, 11) is 0. The molecule has 2 aromatic heterocycles. The Hall–Kier alpha value is -2.00. The Balaban J connectivity index is 1.32. The van der Waals surface area contributed by atoms with Crippen molar-refractivity contribution in [1.82, 2.24) is 9.88 Å². The Morgan fingerprint density at radius 3 is 2.75 bits per heavy atom. The molecular weight excluding hydrogens is 490 g/mol. The number of halogens is 1. The van der Waals surface area contributed by atoms with Gasteiger partial charge in [-0.2, -0.15) is 0 Å². The van der Waals surface area contributed by atoms with Crippen LogP contribution in [0.4, 0.5) is 5.82 Å². The number of carbonyl (C=O) groups excluding carboxylic acids is 1. The molecule has 0 aliphatic carbocycles. The van der Waals surface area contributed by atoms with Gasteiger partial charge in [-0.3, -0.25) is 4.79 Å². The molecule has 1 aromatic carbocycles. The number of pyridine rings is 1. The normalized spacial score (nSPS) is 14.3. The van der Waals surface area contributed by atoms with E-state index in [1.54, 1.807) is 6.20 Å². The van der Waals surface area contributed by atoms with Crippen LogP contribution in [0, 0.1) is 0 Å². The van der Waals surface area contributed by atoms with Gasteiger partial charge in [-0.15, -0.1) is 11.3 Å². The molecule has 8 heteroatoms. The summed E-state index contributed by atoms with van der Waals surface area (Å²) >= 11 is 4.94. The summed E-state index contributed by atoms with van der Waals surface area (Å²) < 4.78 is 13.5. The minimum absolute atomic E-state index is 0.0767. The van der Waals surface area contributed by atoms with Crippen molar-refractivity contribution in [3.05, 3.63) is 51.4 Å². The van der Waals surface area contributed by atoms with E-state index >= 15 is 0 Å². The van der Waals surface area contributed by atoms with Gasteiger partial charge in [0.15, 0.2) is 5.78 Å². The molecule has 170 valence electrons. The minimum atomic E-state index is 0.0767. The lowest BCUT2D eigenvalue weighted by atomic mass is 10.1. The number of nitrogen functional groups attached to an aromatic ring is 1. The van der Waals surface area contributed by atoms with E-state index < -0.39 is 0 Å². The average molecular weight is 518 g/mol. The number of anilines is 1. The largest absolute Gasteiger partial charge is 0.489 e. The van der Waals surface area contributed by atoms with Crippen molar-refractivity contribution in [2.45, 2.75) is 32.3 Å². The number of ether oxygens (including phenoxy) is 2. The van der Waals surface area contributed by atoms with Crippen molar-refractivity contribution in [3.8, 4) is 5.75 Å². The van der Waals surface area contributed by atoms with Gasteiger partial charge in [-0.05, 0) is 62.0 Å². The Labute approximate surface area is 200 Å². The van der Waals surface area contributed by atoms with Crippen LogP contribution in [0.1, 0.15) is 41.6 Å². The molecule has 1 aliphatic heterocycles. The van der Waals surface area contributed by atoms with Crippen LogP contribution in [-0.4, -0.2) is 48.5 Å². The Morgan fingerprint density at radius 1 is 1.19 bits per heavy atom. The predicted octanol–water partition coefficient (Wildman–Crippen LogP) is 5.30. The molecule has 0 radical (unpaired) electrons. The number of thiophene rings is 1. The topological polar surface area (TPSA) is 77.7 Å². The maximum Gasteiger partial charge on any atom is 0.165 e. The summed E-state index contributed by atoms with van der Waals surface area (Å²) in [5, 5.41) is 2.82. The van der Waals surface area contributed by atoms with Gasteiger partial charge in [-0.1, -0.05) is 15.9 Å². The summed E-state index contributed by atoms with van der Waals surface area (Å²) in [4.78, 5) is 19.6. The highest BCUT2D eigenvalue weighted by atomic mass is 79.9. The third-order valence-corrected chi connectivity index (χ3v) is 7.24. The SMILES string of the molecule is Nc1ncc(C(=O)CCCOCCN2CCCC2)c2scc(COc3ccc(Br)cc3)c12. The fraction of sp³-hybridized carbons (Fsp3) is 0.417. The van der Waals surface area contributed by atoms with Gasteiger partial charge in [0, 0.05) is 41.2 Å². The van der Waals surface area contributed by atoms with E-state index in [0.717, 1.165) is 39.0 Å². The van der Waals surface area contributed by atoms with Crippen molar-refractivity contribution in [1.29, 1.82) is 0 Å². The van der Waals surface area contributed by atoms with E-state index in [2.05, 4.69) is 25.8 Å². The van der Waals surface area contributed by atoms with E-state index in [1.807, 2.05) is 29.6 Å². The second-order valence-electron chi connectivity index (χ2n) is 7.95. The Morgan fingerprint density at radius 2 is 1.97 bits per heavy atom. The van der Waals surface area contributed by atoms with Crippen molar-refractivity contribution < 1.29 is 14.3 Å². The first-order chi connectivity index (χ1) is 15.6. The first-order valence-electron chi connectivity index (χ1n) is 11.0. The van der Waals surface area contributed by atoms with Gasteiger partial charge >= 0.3 is 0 Å². The molecule has 3 aromatic rings. The van der Waals surface area contributed by atoms with Crippen LogP contribution in [0.5, 0.6) is 5.75 Å². The highest BCUT2D eigenvalue weighted by Gasteiger charge is 2.17. The molecule has 2 N–H and O–H groups in total. The first-order valence-corrected chi connectivity index (χ1v) is 12.7. The molecule has 0 amide bonds. The zero-order chi connectivity index (χ0) is 22.3. The molecule has 0 spiro atoms. The number of likely N-dealkylation sites (tertiary alicyclic amines) is 1. The molecular formula is C24H28BrN3O3S. The highest BCUT2D eigenvalue weighted by Crippen LogP contribution is 2.34. The van der Waals surface area contributed by atoms with E-state index in [0.29, 0.717) is 37.4 Å². The third-order valence-electron chi connectivity index (χ3n) is 5.65.